The topological polar surface area (TPSA) is 37.8 Å². The zero-order valence-corrected chi connectivity index (χ0v) is 11.2. The normalized spacial score (nSPS) is 14.5. The van der Waals surface area contributed by atoms with Crippen molar-refractivity contribution in [2.24, 2.45) is 0 Å². The summed E-state index contributed by atoms with van der Waals surface area (Å²) in [6.45, 7) is 2.02. The standard InChI is InChI=1S/C15H13N3S/c1-2-10-8-16-6-4-11(10)12(3-1)15-18-13-9-17-7-5-14(13)19-15/h1-3,5,7,9,16H,4,6,8H2. The molecule has 0 bridgehead atoms. The molecular weight excluding hydrogens is 254 g/mol. The first-order valence-corrected chi connectivity index (χ1v) is 7.26. The summed E-state index contributed by atoms with van der Waals surface area (Å²) < 4.78 is 1.21. The highest BCUT2D eigenvalue weighted by Crippen LogP contribution is 2.33. The second-order valence-electron chi connectivity index (χ2n) is 4.73. The van der Waals surface area contributed by atoms with Crippen molar-refractivity contribution in [1.29, 1.82) is 0 Å². The minimum absolute atomic E-state index is 0.968. The smallest absolute Gasteiger partial charge is 0.124 e. The van der Waals surface area contributed by atoms with Crippen LogP contribution in [0.5, 0.6) is 0 Å². The van der Waals surface area contributed by atoms with E-state index in [1.165, 1.54) is 21.4 Å². The van der Waals surface area contributed by atoms with Crippen molar-refractivity contribution < 1.29 is 0 Å². The van der Waals surface area contributed by atoms with Gasteiger partial charge in [-0.2, -0.15) is 0 Å². The molecule has 3 heterocycles. The molecule has 2 aromatic heterocycles. The third-order valence-electron chi connectivity index (χ3n) is 3.56. The van der Waals surface area contributed by atoms with E-state index in [0.29, 0.717) is 0 Å². The van der Waals surface area contributed by atoms with Crippen molar-refractivity contribution >= 4 is 21.6 Å². The van der Waals surface area contributed by atoms with Crippen LogP contribution in [-0.2, 0) is 13.0 Å². The average Bonchev–Trinajstić information content (AvgIpc) is 2.90. The zero-order valence-electron chi connectivity index (χ0n) is 10.4. The van der Waals surface area contributed by atoms with E-state index in [9.17, 15) is 0 Å². The van der Waals surface area contributed by atoms with Crippen molar-refractivity contribution in [3.63, 3.8) is 0 Å². The van der Waals surface area contributed by atoms with Gasteiger partial charge in [-0.25, -0.2) is 4.98 Å². The van der Waals surface area contributed by atoms with Gasteiger partial charge in [0.2, 0.25) is 0 Å². The van der Waals surface area contributed by atoms with E-state index < -0.39 is 0 Å². The largest absolute Gasteiger partial charge is 0.312 e. The van der Waals surface area contributed by atoms with Gasteiger partial charge >= 0.3 is 0 Å². The monoisotopic (exact) mass is 267 g/mol. The van der Waals surface area contributed by atoms with Crippen molar-refractivity contribution in [3.05, 3.63) is 47.8 Å². The fourth-order valence-corrected chi connectivity index (χ4v) is 3.61. The molecule has 0 atom stereocenters. The minimum Gasteiger partial charge on any atom is -0.312 e. The minimum atomic E-state index is 0.968. The zero-order chi connectivity index (χ0) is 12.7. The number of benzene rings is 1. The van der Waals surface area contributed by atoms with E-state index >= 15 is 0 Å². The third-order valence-corrected chi connectivity index (χ3v) is 4.63. The van der Waals surface area contributed by atoms with Gasteiger partial charge in [0, 0.05) is 18.3 Å². The molecule has 94 valence electrons. The number of pyridine rings is 1. The highest BCUT2D eigenvalue weighted by molar-refractivity contribution is 7.21. The van der Waals surface area contributed by atoms with Crippen molar-refractivity contribution in [2.45, 2.75) is 13.0 Å². The maximum atomic E-state index is 4.73. The number of hydrogen-bond acceptors (Lipinski definition) is 4. The Kier molecular flexibility index (Phi) is 2.57. The summed E-state index contributed by atoms with van der Waals surface area (Å²) in [6, 6.07) is 8.56. The van der Waals surface area contributed by atoms with Gasteiger partial charge in [0.1, 0.15) is 10.5 Å². The van der Waals surface area contributed by atoms with Crippen LogP contribution in [0.1, 0.15) is 11.1 Å². The predicted octanol–water partition coefficient (Wildman–Crippen LogP) is 3.00. The van der Waals surface area contributed by atoms with Gasteiger partial charge in [-0.3, -0.25) is 4.98 Å². The molecule has 3 aromatic rings. The molecule has 3 nitrogen and oxygen atoms in total. The summed E-state index contributed by atoms with van der Waals surface area (Å²) >= 11 is 1.75. The fraction of sp³-hybridized carbons (Fsp3) is 0.200. The molecule has 0 amide bonds. The Hall–Kier alpha value is -1.78. The molecule has 1 aliphatic rings. The van der Waals surface area contributed by atoms with Gasteiger partial charge in [0.15, 0.2) is 0 Å². The van der Waals surface area contributed by atoms with Crippen molar-refractivity contribution in [2.75, 3.05) is 6.54 Å². The quantitative estimate of drug-likeness (QED) is 0.736. The Balaban J connectivity index is 1.92. The van der Waals surface area contributed by atoms with E-state index in [4.69, 9.17) is 4.98 Å². The van der Waals surface area contributed by atoms with E-state index in [1.54, 1.807) is 11.3 Å². The molecule has 1 aromatic carbocycles. The Morgan fingerprint density at radius 2 is 2.21 bits per heavy atom. The molecule has 0 radical (unpaired) electrons. The lowest BCUT2D eigenvalue weighted by Gasteiger charge is -2.19. The molecule has 4 heteroatoms. The Bertz CT molecular complexity index is 715. The number of nitrogens with one attached hydrogen (secondary N) is 1. The molecule has 0 unspecified atom stereocenters. The molecule has 0 aliphatic carbocycles. The molecule has 1 N–H and O–H groups in total. The van der Waals surface area contributed by atoms with Crippen LogP contribution in [0.3, 0.4) is 0 Å². The first kappa shape index (κ1) is 11.1. The van der Waals surface area contributed by atoms with E-state index in [0.717, 1.165) is 30.0 Å². The van der Waals surface area contributed by atoms with Crippen LogP contribution in [0.15, 0.2) is 36.7 Å². The van der Waals surface area contributed by atoms with Crippen LogP contribution in [0.25, 0.3) is 20.8 Å². The maximum Gasteiger partial charge on any atom is 0.124 e. The highest BCUT2D eigenvalue weighted by atomic mass is 32.1. The Morgan fingerprint density at radius 1 is 1.21 bits per heavy atom. The predicted molar refractivity (Wildman–Crippen MR) is 78.3 cm³/mol. The molecule has 1 aliphatic heterocycles. The van der Waals surface area contributed by atoms with Gasteiger partial charge in [0.25, 0.3) is 0 Å². The Labute approximate surface area is 115 Å². The lowest BCUT2D eigenvalue weighted by molar-refractivity contribution is 0.645. The van der Waals surface area contributed by atoms with Crippen LogP contribution < -0.4 is 5.32 Å². The number of aromatic nitrogens is 2. The summed E-state index contributed by atoms with van der Waals surface area (Å²) in [7, 11) is 0. The number of nitrogens with zero attached hydrogens (tertiary/aromatic N) is 2. The number of thiazole rings is 1. The first-order chi connectivity index (χ1) is 9.42. The molecule has 19 heavy (non-hydrogen) atoms. The van der Waals surface area contributed by atoms with E-state index in [1.807, 2.05) is 18.5 Å². The first-order valence-electron chi connectivity index (χ1n) is 6.44. The average molecular weight is 267 g/mol. The highest BCUT2D eigenvalue weighted by Gasteiger charge is 2.16. The molecule has 0 fully saturated rings. The molecule has 0 saturated carbocycles. The van der Waals surface area contributed by atoms with Crippen LogP contribution in [0, 0.1) is 0 Å². The summed E-state index contributed by atoms with van der Waals surface area (Å²) in [4.78, 5) is 8.87. The van der Waals surface area contributed by atoms with Gasteiger partial charge in [-0.15, -0.1) is 11.3 Å². The van der Waals surface area contributed by atoms with Crippen LogP contribution in [0.4, 0.5) is 0 Å². The molecule has 0 spiro atoms. The summed E-state index contributed by atoms with van der Waals surface area (Å²) in [5.41, 5.74) is 5.14. The molecular formula is C15H13N3S. The number of hydrogen-bond donors (Lipinski definition) is 1. The van der Waals surface area contributed by atoms with E-state index in [-0.39, 0.29) is 0 Å². The maximum absolute atomic E-state index is 4.73. The van der Waals surface area contributed by atoms with E-state index in [2.05, 4.69) is 28.5 Å². The van der Waals surface area contributed by atoms with Crippen molar-refractivity contribution in [3.8, 4) is 10.6 Å². The van der Waals surface area contributed by atoms with Gasteiger partial charge in [-0.1, -0.05) is 18.2 Å². The second-order valence-corrected chi connectivity index (χ2v) is 5.76. The SMILES string of the molecule is c1cc2c(c(-c3nc4cnccc4s3)c1)CCNC2. The van der Waals surface area contributed by atoms with Crippen molar-refractivity contribution in [1.82, 2.24) is 15.3 Å². The lowest BCUT2D eigenvalue weighted by atomic mass is 9.96. The summed E-state index contributed by atoms with van der Waals surface area (Å²) in [6.07, 6.45) is 4.75. The second kappa shape index (κ2) is 4.40. The fourth-order valence-electron chi connectivity index (χ4n) is 2.63. The summed E-state index contributed by atoms with van der Waals surface area (Å²) in [5, 5.41) is 4.53. The third kappa shape index (κ3) is 1.84. The number of rotatable bonds is 1. The van der Waals surface area contributed by atoms with Crippen LogP contribution in [0.2, 0.25) is 0 Å². The van der Waals surface area contributed by atoms with Gasteiger partial charge in [-0.05, 0) is 30.2 Å². The molecule has 4 rings (SSSR count). The van der Waals surface area contributed by atoms with Crippen LogP contribution in [-0.4, -0.2) is 16.5 Å². The van der Waals surface area contributed by atoms with Gasteiger partial charge in [0.05, 0.1) is 10.9 Å². The van der Waals surface area contributed by atoms with Crippen LogP contribution >= 0.6 is 11.3 Å². The Morgan fingerprint density at radius 3 is 3.16 bits per heavy atom. The number of fused-ring (bicyclic) bond motifs is 2. The molecule has 0 saturated heterocycles. The lowest BCUT2D eigenvalue weighted by Crippen LogP contribution is -2.23. The summed E-state index contributed by atoms with van der Waals surface area (Å²) in [5.74, 6) is 0. The van der Waals surface area contributed by atoms with Gasteiger partial charge < -0.3 is 5.32 Å².